The lowest BCUT2D eigenvalue weighted by atomic mass is 10.4. The van der Waals surface area contributed by atoms with Gasteiger partial charge in [0.05, 0.1) is 23.0 Å². The molecule has 27 heavy (non-hydrogen) atoms. The lowest BCUT2D eigenvalue weighted by Crippen LogP contribution is -2.38. The number of aliphatic imine (C=N–C) groups is 1. The molecule has 0 fully saturated rings. The third-order valence-electron chi connectivity index (χ3n) is 3.84. The van der Waals surface area contributed by atoms with Crippen molar-refractivity contribution >= 4 is 52.9 Å². The van der Waals surface area contributed by atoms with Crippen LogP contribution in [0.25, 0.3) is 10.8 Å². The first kappa shape index (κ1) is 21.8. The molecule has 0 unspecified atom stereocenters. The summed E-state index contributed by atoms with van der Waals surface area (Å²) in [5.41, 5.74) is 1.92. The number of hydrogen-bond donors (Lipinski definition) is 1. The quantitative estimate of drug-likeness (QED) is 0.294. The maximum atomic E-state index is 6.07. The minimum absolute atomic E-state index is 0. The number of nitrogens with zero attached hydrogens (tertiary/aromatic N) is 4. The summed E-state index contributed by atoms with van der Waals surface area (Å²) in [5, 5.41) is 6.05. The molecule has 3 aromatic rings. The van der Waals surface area contributed by atoms with Crippen LogP contribution in [0.1, 0.15) is 18.3 Å². The minimum Gasteiger partial charge on any atom is -0.443 e. The van der Waals surface area contributed by atoms with E-state index >= 15 is 0 Å². The zero-order valence-corrected chi connectivity index (χ0v) is 19.4. The van der Waals surface area contributed by atoms with Crippen LogP contribution in [0.3, 0.4) is 0 Å². The van der Waals surface area contributed by atoms with Gasteiger partial charge in [-0.2, -0.15) is 0 Å². The Bertz CT molecular complexity index is 874. The van der Waals surface area contributed by atoms with Gasteiger partial charge in [-0.15, -0.1) is 35.3 Å². The van der Waals surface area contributed by atoms with Crippen molar-refractivity contribution in [1.82, 2.24) is 19.8 Å². The van der Waals surface area contributed by atoms with Gasteiger partial charge in [0.2, 0.25) is 5.89 Å². The number of halogens is 2. The number of oxazole rings is 1. The first-order chi connectivity index (χ1) is 12.6. The predicted octanol–water partition coefficient (Wildman–Crippen LogP) is 4.61. The Balaban J connectivity index is 0.00000261. The Morgan fingerprint density at radius 1 is 1.48 bits per heavy atom. The summed E-state index contributed by atoms with van der Waals surface area (Å²) < 4.78 is 7.58. The molecule has 0 saturated heterocycles. The van der Waals surface area contributed by atoms with Gasteiger partial charge < -0.3 is 19.2 Å². The molecule has 6 nitrogen and oxygen atoms in total. The van der Waals surface area contributed by atoms with Crippen LogP contribution >= 0.6 is 46.9 Å². The lowest BCUT2D eigenvalue weighted by Gasteiger charge is -2.22. The second-order valence-electron chi connectivity index (χ2n) is 5.91. The van der Waals surface area contributed by atoms with Crippen molar-refractivity contribution in [2.45, 2.75) is 20.0 Å². The summed E-state index contributed by atoms with van der Waals surface area (Å²) in [7, 11) is 3.99. The van der Waals surface area contributed by atoms with E-state index in [1.54, 1.807) is 17.6 Å². The highest BCUT2D eigenvalue weighted by atomic mass is 127. The van der Waals surface area contributed by atoms with E-state index in [9.17, 15) is 0 Å². The van der Waals surface area contributed by atoms with E-state index in [0.29, 0.717) is 19.0 Å². The molecule has 0 radical (unpaired) electrons. The SMILES string of the molecule is CCNC(=NCc1coc(-c2cccs2)n1)N(C)Cc1cc(Cl)cn1C.I. The van der Waals surface area contributed by atoms with Crippen LogP contribution in [0.2, 0.25) is 5.02 Å². The molecule has 0 aromatic carbocycles. The van der Waals surface area contributed by atoms with E-state index in [2.05, 4.69) is 20.2 Å². The van der Waals surface area contributed by atoms with E-state index in [1.165, 1.54) is 0 Å². The number of guanidine groups is 1. The van der Waals surface area contributed by atoms with Crippen molar-refractivity contribution in [3.63, 3.8) is 0 Å². The van der Waals surface area contributed by atoms with Crippen molar-refractivity contribution in [2.24, 2.45) is 12.0 Å². The molecule has 9 heteroatoms. The van der Waals surface area contributed by atoms with Gasteiger partial charge in [-0.3, -0.25) is 0 Å². The van der Waals surface area contributed by atoms with Crippen molar-refractivity contribution in [3.8, 4) is 10.8 Å². The topological polar surface area (TPSA) is 58.6 Å². The number of aromatic nitrogens is 2. The highest BCUT2D eigenvalue weighted by molar-refractivity contribution is 14.0. The van der Waals surface area contributed by atoms with E-state index in [1.807, 2.05) is 55.4 Å². The molecule has 0 aliphatic carbocycles. The Morgan fingerprint density at radius 3 is 2.93 bits per heavy atom. The maximum Gasteiger partial charge on any atom is 0.236 e. The average molecular weight is 520 g/mol. The highest BCUT2D eigenvalue weighted by Gasteiger charge is 2.11. The molecule has 3 aromatic heterocycles. The van der Waals surface area contributed by atoms with Crippen LogP contribution in [0.15, 0.2) is 45.4 Å². The summed E-state index contributed by atoms with van der Waals surface area (Å²) in [5.74, 6) is 1.45. The third-order valence-corrected chi connectivity index (χ3v) is 4.91. The van der Waals surface area contributed by atoms with E-state index in [0.717, 1.165) is 33.8 Å². The average Bonchev–Trinajstić information content (AvgIpc) is 3.33. The molecule has 0 saturated carbocycles. The molecule has 1 N–H and O–H groups in total. The largest absolute Gasteiger partial charge is 0.443 e. The molecule has 3 heterocycles. The van der Waals surface area contributed by atoms with Crippen LogP contribution in [0.5, 0.6) is 0 Å². The molecular weight excluding hydrogens is 497 g/mol. The van der Waals surface area contributed by atoms with E-state index in [-0.39, 0.29) is 24.0 Å². The highest BCUT2D eigenvalue weighted by Crippen LogP contribution is 2.23. The van der Waals surface area contributed by atoms with Gasteiger partial charge in [0.25, 0.3) is 0 Å². The molecule has 0 aliphatic rings. The predicted molar refractivity (Wildman–Crippen MR) is 122 cm³/mol. The smallest absolute Gasteiger partial charge is 0.236 e. The summed E-state index contributed by atoms with van der Waals surface area (Å²) in [4.78, 5) is 12.3. The zero-order valence-electron chi connectivity index (χ0n) is 15.5. The Kier molecular flexibility index (Phi) is 8.18. The summed E-state index contributed by atoms with van der Waals surface area (Å²) in [6.45, 7) is 3.99. The van der Waals surface area contributed by atoms with E-state index in [4.69, 9.17) is 16.0 Å². The fraction of sp³-hybridized carbons (Fsp3) is 0.333. The number of thiophene rings is 1. The van der Waals surface area contributed by atoms with Gasteiger partial charge in [0.1, 0.15) is 12.0 Å². The fourth-order valence-corrected chi connectivity index (χ4v) is 3.49. The van der Waals surface area contributed by atoms with Gasteiger partial charge in [0, 0.05) is 32.5 Å². The molecule has 0 bridgehead atoms. The van der Waals surface area contributed by atoms with E-state index < -0.39 is 0 Å². The number of nitrogens with one attached hydrogen (secondary N) is 1. The Hall–Kier alpha value is -1.52. The van der Waals surface area contributed by atoms with Gasteiger partial charge in [-0.1, -0.05) is 17.7 Å². The second-order valence-corrected chi connectivity index (χ2v) is 7.29. The van der Waals surface area contributed by atoms with Crippen LogP contribution in [0, 0.1) is 0 Å². The maximum absolute atomic E-state index is 6.07. The normalized spacial score (nSPS) is 11.3. The molecule has 3 rings (SSSR count). The van der Waals surface area contributed by atoms with Crippen molar-refractivity contribution in [2.75, 3.05) is 13.6 Å². The van der Waals surface area contributed by atoms with Gasteiger partial charge in [-0.25, -0.2) is 9.98 Å². The third kappa shape index (κ3) is 5.73. The second kappa shape index (κ2) is 10.1. The van der Waals surface area contributed by atoms with Crippen molar-refractivity contribution in [3.05, 3.63) is 52.4 Å². The monoisotopic (exact) mass is 519 g/mol. The molecule has 0 atom stereocenters. The Morgan fingerprint density at radius 2 is 2.30 bits per heavy atom. The van der Waals surface area contributed by atoms with Crippen LogP contribution in [0.4, 0.5) is 0 Å². The van der Waals surface area contributed by atoms with Gasteiger partial charge >= 0.3 is 0 Å². The standard InChI is InChI=1S/C18H22ClN5OS.HI/c1-4-20-18(24(3)11-15-8-13(19)10-23(15)2)21-9-14-12-25-17(22-14)16-6-5-7-26-16;/h5-8,10,12H,4,9,11H2,1-3H3,(H,20,21);1H. The molecular formula is C18H23ClIN5OS. The summed E-state index contributed by atoms with van der Waals surface area (Å²) in [6, 6.07) is 5.94. The van der Waals surface area contributed by atoms with Crippen LogP contribution < -0.4 is 5.32 Å². The van der Waals surface area contributed by atoms with Crippen molar-refractivity contribution < 1.29 is 4.42 Å². The van der Waals surface area contributed by atoms with Gasteiger partial charge in [0.15, 0.2) is 5.96 Å². The zero-order chi connectivity index (χ0) is 18.5. The molecule has 0 amide bonds. The summed E-state index contributed by atoms with van der Waals surface area (Å²) >= 11 is 7.68. The Labute approximate surface area is 185 Å². The minimum atomic E-state index is 0. The first-order valence-corrected chi connectivity index (χ1v) is 9.61. The fourth-order valence-electron chi connectivity index (χ4n) is 2.56. The molecule has 0 spiro atoms. The number of rotatable bonds is 6. The van der Waals surface area contributed by atoms with Crippen LogP contribution in [-0.4, -0.2) is 34.0 Å². The number of aryl methyl sites for hydroxylation is 1. The molecule has 146 valence electrons. The molecule has 0 aliphatic heterocycles. The first-order valence-electron chi connectivity index (χ1n) is 8.35. The van der Waals surface area contributed by atoms with Gasteiger partial charge in [-0.05, 0) is 24.4 Å². The van der Waals surface area contributed by atoms with Crippen LogP contribution in [-0.2, 0) is 20.1 Å². The van der Waals surface area contributed by atoms with Crippen molar-refractivity contribution in [1.29, 1.82) is 0 Å². The summed E-state index contributed by atoms with van der Waals surface area (Å²) in [6.07, 6.45) is 3.56. The lowest BCUT2D eigenvalue weighted by molar-refractivity contribution is 0.461. The number of hydrogen-bond acceptors (Lipinski definition) is 4.